The highest BCUT2D eigenvalue weighted by Crippen LogP contribution is 2.08. The summed E-state index contributed by atoms with van der Waals surface area (Å²) in [5.41, 5.74) is 0.111. The number of hydrogen-bond donors (Lipinski definition) is 1. The maximum absolute atomic E-state index is 13.1. The Bertz CT molecular complexity index is 355. The molecule has 1 N–H and O–H groups in total. The first kappa shape index (κ1) is 11.6. The van der Waals surface area contributed by atoms with E-state index in [4.69, 9.17) is 0 Å². The molecule has 0 aromatic heterocycles. The molecule has 0 fully saturated rings. The summed E-state index contributed by atoms with van der Waals surface area (Å²) >= 11 is 0. The molecule has 0 radical (unpaired) electrons. The highest BCUT2D eigenvalue weighted by Gasteiger charge is 2.05. The molecule has 15 heavy (non-hydrogen) atoms. The van der Waals surface area contributed by atoms with Crippen LogP contribution >= 0.6 is 0 Å². The molecule has 1 aromatic rings. The van der Waals surface area contributed by atoms with Gasteiger partial charge in [0.1, 0.15) is 18.2 Å². The second-order valence-corrected chi connectivity index (χ2v) is 2.95. The van der Waals surface area contributed by atoms with Gasteiger partial charge in [0.05, 0.1) is 0 Å². The number of amides is 1. The van der Waals surface area contributed by atoms with Crippen molar-refractivity contribution in [2.24, 2.45) is 0 Å². The fourth-order valence-corrected chi connectivity index (χ4v) is 1.05. The Morgan fingerprint density at radius 3 is 2.87 bits per heavy atom. The average molecular weight is 215 g/mol. The predicted octanol–water partition coefficient (Wildman–Crippen LogP) is 1.23. The SMILES string of the molecule is COCC(=O)NCc1cc(F)ccc1F. The van der Waals surface area contributed by atoms with E-state index in [-0.39, 0.29) is 24.6 Å². The zero-order valence-electron chi connectivity index (χ0n) is 8.22. The van der Waals surface area contributed by atoms with Gasteiger partial charge in [-0.3, -0.25) is 4.79 Å². The zero-order valence-corrected chi connectivity index (χ0v) is 8.22. The standard InChI is InChI=1S/C10H11F2NO2/c1-15-6-10(14)13-5-7-4-8(11)2-3-9(7)12/h2-4H,5-6H2,1H3,(H,13,14). The molecule has 0 aliphatic carbocycles. The van der Waals surface area contributed by atoms with Gasteiger partial charge in [0.2, 0.25) is 5.91 Å². The highest BCUT2D eigenvalue weighted by molar-refractivity contribution is 5.77. The monoisotopic (exact) mass is 215 g/mol. The van der Waals surface area contributed by atoms with Crippen molar-refractivity contribution in [1.29, 1.82) is 0 Å². The van der Waals surface area contributed by atoms with Crippen LogP contribution in [0.2, 0.25) is 0 Å². The molecule has 0 saturated carbocycles. The van der Waals surface area contributed by atoms with Crippen molar-refractivity contribution in [2.75, 3.05) is 13.7 Å². The summed E-state index contributed by atoms with van der Waals surface area (Å²) < 4.78 is 30.3. The molecule has 1 rings (SSSR count). The molecule has 0 aliphatic heterocycles. The van der Waals surface area contributed by atoms with Crippen molar-refractivity contribution in [1.82, 2.24) is 5.32 Å². The maximum atomic E-state index is 13.1. The smallest absolute Gasteiger partial charge is 0.246 e. The Morgan fingerprint density at radius 2 is 2.20 bits per heavy atom. The van der Waals surface area contributed by atoms with Gasteiger partial charge in [-0.2, -0.15) is 0 Å². The summed E-state index contributed by atoms with van der Waals surface area (Å²) in [7, 11) is 1.38. The van der Waals surface area contributed by atoms with Crippen molar-refractivity contribution in [3.8, 4) is 0 Å². The normalized spacial score (nSPS) is 10.1. The molecule has 0 heterocycles. The van der Waals surface area contributed by atoms with Gasteiger partial charge in [-0.25, -0.2) is 8.78 Å². The van der Waals surface area contributed by atoms with Gasteiger partial charge in [0.25, 0.3) is 0 Å². The van der Waals surface area contributed by atoms with Gasteiger partial charge in [-0.1, -0.05) is 0 Å². The van der Waals surface area contributed by atoms with Gasteiger partial charge in [-0.05, 0) is 18.2 Å². The predicted molar refractivity (Wildman–Crippen MR) is 50.1 cm³/mol. The third-order valence-electron chi connectivity index (χ3n) is 1.76. The zero-order chi connectivity index (χ0) is 11.3. The van der Waals surface area contributed by atoms with Crippen LogP contribution in [0, 0.1) is 11.6 Å². The average Bonchev–Trinajstić information content (AvgIpc) is 2.20. The minimum absolute atomic E-state index is 0.0498. The molecule has 0 bridgehead atoms. The van der Waals surface area contributed by atoms with E-state index in [2.05, 4.69) is 10.1 Å². The Labute approximate surface area is 86.0 Å². The van der Waals surface area contributed by atoms with Gasteiger partial charge in [0, 0.05) is 19.2 Å². The van der Waals surface area contributed by atoms with E-state index in [1.54, 1.807) is 0 Å². The van der Waals surface area contributed by atoms with Crippen molar-refractivity contribution in [3.63, 3.8) is 0 Å². The number of halogens is 2. The van der Waals surface area contributed by atoms with Crippen LogP contribution in [-0.2, 0) is 16.1 Å². The number of nitrogens with one attached hydrogen (secondary N) is 1. The van der Waals surface area contributed by atoms with E-state index in [0.717, 1.165) is 18.2 Å². The van der Waals surface area contributed by atoms with Gasteiger partial charge in [0.15, 0.2) is 0 Å². The molecule has 0 aliphatic rings. The number of rotatable bonds is 4. The molecule has 1 aromatic carbocycles. The number of hydrogen-bond acceptors (Lipinski definition) is 2. The molecule has 1 amide bonds. The minimum Gasteiger partial charge on any atom is -0.375 e. The number of methoxy groups -OCH3 is 1. The first-order valence-electron chi connectivity index (χ1n) is 4.33. The fourth-order valence-electron chi connectivity index (χ4n) is 1.05. The Balaban J connectivity index is 2.57. The van der Waals surface area contributed by atoms with Crippen LogP contribution in [0.5, 0.6) is 0 Å². The highest BCUT2D eigenvalue weighted by atomic mass is 19.1. The molecule has 0 atom stereocenters. The second kappa shape index (κ2) is 5.41. The van der Waals surface area contributed by atoms with Crippen molar-refractivity contribution >= 4 is 5.91 Å². The largest absolute Gasteiger partial charge is 0.375 e. The van der Waals surface area contributed by atoms with Crippen molar-refractivity contribution in [3.05, 3.63) is 35.4 Å². The van der Waals surface area contributed by atoms with E-state index in [0.29, 0.717) is 0 Å². The van der Waals surface area contributed by atoms with E-state index in [1.807, 2.05) is 0 Å². The maximum Gasteiger partial charge on any atom is 0.246 e. The van der Waals surface area contributed by atoms with Crippen molar-refractivity contribution < 1.29 is 18.3 Å². The number of ether oxygens (including phenoxy) is 1. The lowest BCUT2D eigenvalue weighted by Gasteiger charge is -2.05. The van der Waals surface area contributed by atoms with Crippen LogP contribution < -0.4 is 5.32 Å². The molecule has 0 unspecified atom stereocenters. The van der Waals surface area contributed by atoms with Crippen LogP contribution in [-0.4, -0.2) is 19.6 Å². The number of carbonyl (C=O) groups excluding carboxylic acids is 1. The van der Waals surface area contributed by atoms with Gasteiger partial charge in [-0.15, -0.1) is 0 Å². The number of benzene rings is 1. The van der Waals surface area contributed by atoms with E-state index < -0.39 is 11.6 Å². The lowest BCUT2D eigenvalue weighted by molar-refractivity contribution is -0.124. The lowest BCUT2D eigenvalue weighted by Crippen LogP contribution is -2.26. The van der Waals surface area contributed by atoms with Crippen LogP contribution in [0.4, 0.5) is 8.78 Å². The second-order valence-electron chi connectivity index (χ2n) is 2.95. The van der Waals surface area contributed by atoms with Gasteiger partial charge >= 0.3 is 0 Å². The molecular weight excluding hydrogens is 204 g/mol. The molecule has 82 valence electrons. The topological polar surface area (TPSA) is 38.3 Å². The summed E-state index contributed by atoms with van der Waals surface area (Å²) in [6.45, 7) is -0.150. The first-order valence-corrected chi connectivity index (χ1v) is 4.33. The minimum atomic E-state index is -0.547. The van der Waals surface area contributed by atoms with Crippen LogP contribution in [0.15, 0.2) is 18.2 Å². The van der Waals surface area contributed by atoms with E-state index in [9.17, 15) is 13.6 Å². The molecule has 0 saturated heterocycles. The third-order valence-corrected chi connectivity index (χ3v) is 1.76. The van der Waals surface area contributed by atoms with Crippen molar-refractivity contribution in [2.45, 2.75) is 6.54 Å². The van der Waals surface area contributed by atoms with Gasteiger partial charge < -0.3 is 10.1 Å². The quantitative estimate of drug-likeness (QED) is 0.820. The molecular formula is C10H11F2NO2. The van der Waals surface area contributed by atoms with E-state index in [1.165, 1.54) is 7.11 Å². The summed E-state index contributed by atoms with van der Waals surface area (Å²) in [5, 5.41) is 2.40. The van der Waals surface area contributed by atoms with Crippen LogP contribution in [0.25, 0.3) is 0 Å². The first-order chi connectivity index (χ1) is 7.13. The van der Waals surface area contributed by atoms with E-state index >= 15 is 0 Å². The number of carbonyl (C=O) groups is 1. The molecule has 5 heteroatoms. The summed E-state index contributed by atoms with van der Waals surface area (Å²) in [6, 6.07) is 3.09. The lowest BCUT2D eigenvalue weighted by atomic mass is 10.2. The molecule has 0 spiro atoms. The Hall–Kier alpha value is -1.49. The fraction of sp³-hybridized carbons (Fsp3) is 0.300. The Kier molecular flexibility index (Phi) is 4.17. The summed E-state index contributed by atoms with van der Waals surface area (Å²) in [4.78, 5) is 11.0. The summed E-state index contributed by atoms with van der Waals surface area (Å²) in [6.07, 6.45) is 0. The Morgan fingerprint density at radius 1 is 1.47 bits per heavy atom. The molecule has 3 nitrogen and oxygen atoms in total. The summed E-state index contributed by atoms with van der Waals surface area (Å²) in [5.74, 6) is -1.46. The third kappa shape index (κ3) is 3.63. The van der Waals surface area contributed by atoms with Crippen LogP contribution in [0.3, 0.4) is 0 Å². The van der Waals surface area contributed by atoms with Crippen LogP contribution in [0.1, 0.15) is 5.56 Å².